The first-order valence-electron chi connectivity index (χ1n) is 14.1. The van der Waals surface area contributed by atoms with Crippen LogP contribution in [0, 0.1) is 5.92 Å². The minimum Gasteiger partial charge on any atom is -0.451 e. The number of hydrogen-bond donors (Lipinski definition) is 3. The Morgan fingerprint density at radius 1 is 0.950 bits per heavy atom. The van der Waals surface area contributed by atoms with Crippen molar-refractivity contribution in [2.45, 2.75) is 64.3 Å². The van der Waals surface area contributed by atoms with Gasteiger partial charge in [-0.15, -0.1) is 0 Å². The summed E-state index contributed by atoms with van der Waals surface area (Å²) in [6.45, 7) is 4.61. The van der Waals surface area contributed by atoms with Crippen molar-refractivity contribution in [1.82, 2.24) is 5.32 Å². The average molecular weight is 545 g/mol. The Hall–Kier alpha value is -4.14. The molecule has 2 aliphatic rings. The van der Waals surface area contributed by atoms with Gasteiger partial charge in [0.15, 0.2) is 11.5 Å². The Labute approximate surface area is 233 Å². The molecule has 210 valence electrons. The van der Waals surface area contributed by atoms with Crippen LogP contribution in [0.3, 0.4) is 0 Å². The highest BCUT2D eigenvalue weighted by atomic mass is 16.3. The minimum absolute atomic E-state index is 0.157. The number of fused-ring (bicyclic) bond motifs is 1. The maximum Gasteiger partial charge on any atom is 0.287 e. The molecule has 2 fully saturated rings. The van der Waals surface area contributed by atoms with E-state index >= 15 is 0 Å². The number of para-hydroxylation sites is 1. The fourth-order valence-corrected chi connectivity index (χ4v) is 5.50. The molecule has 0 atom stereocenters. The van der Waals surface area contributed by atoms with Gasteiger partial charge in [0, 0.05) is 30.0 Å². The van der Waals surface area contributed by atoms with E-state index in [9.17, 15) is 19.2 Å². The molecule has 40 heavy (non-hydrogen) atoms. The summed E-state index contributed by atoms with van der Waals surface area (Å²) >= 11 is 0. The van der Waals surface area contributed by atoms with Crippen LogP contribution in [0.25, 0.3) is 11.0 Å². The maximum absolute atomic E-state index is 13.8. The first kappa shape index (κ1) is 27.4. The summed E-state index contributed by atoms with van der Waals surface area (Å²) in [5.74, 6) is -0.813. The van der Waals surface area contributed by atoms with Crippen LogP contribution in [0.15, 0.2) is 52.9 Å². The lowest BCUT2D eigenvalue weighted by atomic mass is 9.80. The molecule has 1 saturated carbocycles. The Bertz CT molecular complexity index is 1400. The molecule has 1 aliphatic heterocycles. The summed E-state index contributed by atoms with van der Waals surface area (Å²) in [4.78, 5) is 53.8. The largest absolute Gasteiger partial charge is 0.451 e. The third kappa shape index (κ3) is 5.88. The highest BCUT2D eigenvalue weighted by Gasteiger charge is 2.41. The van der Waals surface area contributed by atoms with E-state index in [1.54, 1.807) is 24.3 Å². The molecule has 5 rings (SSSR count). The Kier molecular flexibility index (Phi) is 7.91. The second-order valence-electron chi connectivity index (χ2n) is 11.1. The fourth-order valence-electron chi connectivity index (χ4n) is 5.50. The average Bonchev–Trinajstić information content (AvgIpc) is 3.38. The Morgan fingerprint density at radius 3 is 2.45 bits per heavy atom. The standard InChI is InChI=1S/C31H36N4O5/c1-20(2)28(37)33-24-18-22(12-13-25(24)35-16-8-10-23(36)19-35)32-30(39)31(14-6-3-7-15-31)34-29(38)27-17-21-9-4-5-11-26(21)40-27/h4-5,9,11-13,17-18,20H,3,6-8,10,14-16,19H2,1-2H3,(H,32,39)(H,33,37)(H,34,38). The van der Waals surface area contributed by atoms with Crippen molar-refractivity contribution < 1.29 is 23.6 Å². The third-order valence-electron chi connectivity index (χ3n) is 7.77. The van der Waals surface area contributed by atoms with Gasteiger partial charge < -0.3 is 25.3 Å². The molecular formula is C31H36N4O5. The summed E-state index contributed by atoms with van der Waals surface area (Å²) in [5.41, 5.74) is 1.30. The Morgan fingerprint density at radius 2 is 1.73 bits per heavy atom. The van der Waals surface area contributed by atoms with Crippen molar-refractivity contribution in [3.05, 3.63) is 54.3 Å². The van der Waals surface area contributed by atoms with Gasteiger partial charge in [-0.1, -0.05) is 51.3 Å². The van der Waals surface area contributed by atoms with E-state index in [-0.39, 0.29) is 35.8 Å². The molecule has 3 amide bonds. The SMILES string of the molecule is CC(C)C(=O)Nc1cc(NC(=O)C2(NC(=O)c3cc4ccccc4o3)CCCCC2)ccc1N1CCCC(=O)C1. The van der Waals surface area contributed by atoms with Crippen LogP contribution in [-0.2, 0) is 14.4 Å². The van der Waals surface area contributed by atoms with E-state index in [4.69, 9.17) is 4.42 Å². The van der Waals surface area contributed by atoms with Crippen molar-refractivity contribution in [2.24, 2.45) is 5.92 Å². The number of carbonyl (C=O) groups is 4. The molecule has 2 aromatic carbocycles. The van der Waals surface area contributed by atoms with Crippen LogP contribution >= 0.6 is 0 Å². The van der Waals surface area contributed by atoms with Crippen molar-refractivity contribution in [1.29, 1.82) is 0 Å². The zero-order chi connectivity index (χ0) is 28.3. The topological polar surface area (TPSA) is 121 Å². The molecule has 1 saturated heterocycles. The lowest BCUT2D eigenvalue weighted by molar-refractivity contribution is -0.123. The molecule has 3 N–H and O–H groups in total. The number of ketones is 1. The summed E-state index contributed by atoms with van der Waals surface area (Å²) in [7, 11) is 0. The van der Waals surface area contributed by atoms with E-state index in [0.717, 1.165) is 36.8 Å². The predicted octanol–water partition coefficient (Wildman–Crippen LogP) is 5.27. The monoisotopic (exact) mass is 544 g/mol. The van der Waals surface area contributed by atoms with Crippen LogP contribution in [0.4, 0.5) is 17.1 Å². The van der Waals surface area contributed by atoms with Crippen molar-refractivity contribution in [3.63, 3.8) is 0 Å². The quantitative estimate of drug-likeness (QED) is 0.373. The molecule has 0 unspecified atom stereocenters. The molecule has 1 aromatic heterocycles. The summed E-state index contributed by atoms with van der Waals surface area (Å²) < 4.78 is 5.75. The van der Waals surface area contributed by atoms with Gasteiger partial charge in [0.05, 0.1) is 17.9 Å². The highest BCUT2D eigenvalue weighted by molar-refractivity contribution is 6.05. The maximum atomic E-state index is 13.8. The first-order chi connectivity index (χ1) is 19.2. The molecule has 0 spiro atoms. The molecule has 9 nitrogen and oxygen atoms in total. The number of amides is 3. The summed E-state index contributed by atoms with van der Waals surface area (Å²) in [6.07, 6.45) is 4.94. The van der Waals surface area contributed by atoms with E-state index in [1.807, 2.05) is 43.0 Å². The summed E-state index contributed by atoms with van der Waals surface area (Å²) in [6, 6.07) is 14.4. The number of piperidine rings is 1. The van der Waals surface area contributed by atoms with E-state index in [1.165, 1.54) is 0 Å². The number of rotatable bonds is 7. The van der Waals surface area contributed by atoms with Crippen LogP contribution in [0.2, 0.25) is 0 Å². The summed E-state index contributed by atoms with van der Waals surface area (Å²) in [5, 5.41) is 9.78. The normalized spacial score (nSPS) is 17.1. The number of anilines is 3. The molecule has 9 heteroatoms. The number of hydrogen-bond acceptors (Lipinski definition) is 6. The molecule has 2 heterocycles. The van der Waals surface area contributed by atoms with E-state index < -0.39 is 11.4 Å². The lowest BCUT2D eigenvalue weighted by Gasteiger charge is -2.36. The molecular weight excluding hydrogens is 508 g/mol. The van der Waals surface area contributed by atoms with Gasteiger partial charge in [-0.2, -0.15) is 0 Å². The lowest BCUT2D eigenvalue weighted by Crippen LogP contribution is -2.57. The number of furan rings is 1. The van der Waals surface area contributed by atoms with E-state index in [2.05, 4.69) is 16.0 Å². The van der Waals surface area contributed by atoms with E-state index in [0.29, 0.717) is 42.8 Å². The number of Topliss-reactive ketones (excluding diaryl/α,β-unsaturated/α-hetero) is 1. The van der Waals surface area contributed by atoms with Crippen LogP contribution in [-0.4, -0.2) is 42.1 Å². The number of nitrogens with one attached hydrogen (secondary N) is 3. The number of carbonyl (C=O) groups excluding carboxylic acids is 4. The van der Waals surface area contributed by atoms with Gasteiger partial charge >= 0.3 is 0 Å². The van der Waals surface area contributed by atoms with Gasteiger partial charge in [0.2, 0.25) is 11.8 Å². The number of nitrogens with zero attached hydrogens (tertiary/aromatic N) is 1. The molecule has 1 aliphatic carbocycles. The second kappa shape index (κ2) is 11.5. The second-order valence-corrected chi connectivity index (χ2v) is 11.1. The van der Waals surface area contributed by atoms with Gasteiger partial charge in [-0.05, 0) is 49.6 Å². The first-order valence-corrected chi connectivity index (χ1v) is 14.1. The van der Waals surface area contributed by atoms with Crippen LogP contribution in [0.5, 0.6) is 0 Å². The van der Waals surface area contributed by atoms with Crippen molar-refractivity contribution >= 4 is 51.5 Å². The fraction of sp³-hybridized carbons (Fsp3) is 0.419. The highest BCUT2D eigenvalue weighted by Crippen LogP contribution is 2.34. The Balaban J connectivity index is 1.39. The van der Waals surface area contributed by atoms with Gasteiger partial charge in [-0.3, -0.25) is 19.2 Å². The zero-order valence-corrected chi connectivity index (χ0v) is 23.0. The van der Waals surface area contributed by atoms with Crippen LogP contribution < -0.4 is 20.9 Å². The van der Waals surface area contributed by atoms with Crippen molar-refractivity contribution in [2.75, 3.05) is 28.6 Å². The van der Waals surface area contributed by atoms with Crippen LogP contribution in [0.1, 0.15) is 69.3 Å². The molecule has 0 radical (unpaired) electrons. The number of benzene rings is 2. The van der Waals surface area contributed by atoms with Gasteiger partial charge in [0.1, 0.15) is 11.1 Å². The minimum atomic E-state index is -1.09. The molecule has 3 aromatic rings. The zero-order valence-electron chi connectivity index (χ0n) is 23.0. The van der Waals surface area contributed by atoms with Gasteiger partial charge in [-0.25, -0.2) is 0 Å². The predicted molar refractivity (Wildman–Crippen MR) is 154 cm³/mol. The molecule has 0 bridgehead atoms. The smallest absolute Gasteiger partial charge is 0.287 e. The van der Waals surface area contributed by atoms with Crippen molar-refractivity contribution in [3.8, 4) is 0 Å². The van der Waals surface area contributed by atoms with Gasteiger partial charge in [0.25, 0.3) is 5.91 Å². The third-order valence-corrected chi connectivity index (χ3v) is 7.77.